The van der Waals surface area contributed by atoms with E-state index in [-0.39, 0.29) is 4.34 Å². The number of sulfone groups is 1. The normalized spacial score (nSPS) is 11.7. The Kier molecular flexibility index (Phi) is 1.45. The van der Waals surface area contributed by atoms with Crippen LogP contribution >= 0.6 is 11.5 Å². The van der Waals surface area contributed by atoms with Crippen molar-refractivity contribution in [3.05, 3.63) is 0 Å². The Bertz CT molecular complexity index is 275. The summed E-state index contributed by atoms with van der Waals surface area (Å²) in [5, 5.41) is 6.38. The number of aromatic nitrogens is 3. The maximum absolute atomic E-state index is 10.6. The topological polar surface area (TPSA) is 72.8 Å². The van der Waals surface area contributed by atoms with Crippen LogP contribution in [0.1, 0.15) is 0 Å². The van der Waals surface area contributed by atoms with Crippen molar-refractivity contribution in [2.45, 2.75) is 4.34 Å². The Morgan fingerprint density at radius 3 is 2.44 bits per heavy atom. The molecular weight excluding hydrogens is 162 g/mol. The third-order valence-corrected chi connectivity index (χ3v) is 2.84. The summed E-state index contributed by atoms with van der Waals surface area (Å²) < 4.78 is 24.4. The molecule has 1 rings (SSSR count). The smallest absolute Gasteiger partial charge is 0.221 e. The minimum atomic E-state index is -3.18. The van der Waals surface area contributed by atoms with Crippen LogP contribution in [0.4, 0.5) is 0 Å². The molecule has 0 radical (unpaired) electrons. The minimum Gasteiger partial charge on any atom is -0.221 e. The Hall–Kier alpha value is -0.560. The van der Waals surface area contributed by atoms with Crippen LogP contribution in [-0.4, -0.2) is 29.5 Å². The molecule has 9 heavy (non-hydrogen) atoms. The molecule has 0 aliphatic carbocycles. The first-order valence-electron chi connectivity index (χ1n) is 1.96. The van der Waals surface area contributed by atoms with E-state index in [0.717, 1.165) is 17.8 Å². The average molecular weight is 165 g/mol. The minimum absolute atomic E-state index is 0.0394. The van der Waals surface area contributed by atoms with Crippen molar-refractivity contribution in [3.63, 3.8) is 0 Å². The summed E-state index contributed by atoms with van der Waals surface area (Å²) in [6, 6.07) is 0. The fourth-order valence-corrected chi connectivity index (χ4v) is 1.31. The first kappa shape index (κ1) is 6.56. The fourth-order valence-electron chi connectivity index (χ4n) is 0.268. The zero-order chi connectivity index (χ0) is 6.91. The summed E-state index contributed by atoms with van der Waals surface area (Å²) in [4.78, 5) is 0. The van der Waals surface area contributed by atoms with Crippen molar-refractivity contribution >= 4 is 21.4 Å². The molecular formula is C2H3N3O2S2. The first-order chi connectivity index (χ1) is 4.11. The van der Waals surface area contributed by atoms with Crippen molar-refractivity contribution in [1.82, 2.24) is 14.8 Å². The lowest BCUT2D eigenvalue weighted by molar-refractivity contribution is 0.599. The summed E-state index contributed by atoms with van der Waals surface area (Å²) in [6.07, 6.45) is 1.06. The predicted octanol–water partition coefficient (Wildman–Crippen LogP) is -0.663. The maximum Gasteiger partial charge on any atom is 0.251 e. The molecule has 1 aromatic heterocycles. The van der Waals surface area contributed by atoms with E-state index in [2.05, 4.69) is 14.8 Å². The second kappa shape index (κ2) is 1.99. The standard InChI is InChI=1S/C2H3N3O2S2/c1-9(6,7)2-3-4-5-8-2/h1H3. The van der Waals surface area contributed by atoms with Gasteiger partial charge in [0.05, 0.1) is 0 Å². The van der Waals surface area contributed by atoms with Crippen molar-refractivity contribution in [2.75, 3.05) is 6.26 Å². The van der Waals surface area contributed by atoms with E-state index in [0.29, 0.717) is 0 Å². The van der Waals surface area contributed by atoms with Gasteiger partial charge in [-0.1, -0.05) is 4.49 Å². The quantitative estimate of drug-likeness (QED) is 0.552. The molecule has 0 bridgehead atoms. The Morgan fingerprint density at radius 2 is 2.22 bits per heavy atom. The lowest BCUT2D eigenvalue weighted by Crippen LogP contribution is -1.95. The summed E-state index contributed by atoms with van der Waals surface area (Å²) in [5.74, 6) is 0. The number of hydrogen-bond acceptors (Lipinski definition) is 6. The van der Waals surface area contributed by atoms with Crippen LogP contribution in [0, 0.1) is 0 Å². The summed E-state index contributed by atoms with van der Waals surface area (Å²) in [7, 11) is -3.18. The lowest BCUT2D eigenvalue weighted by Gasteiger charge is -1.81. The van der Waals surface area contributed by atoms with E-state index in [9.17, 15) is 8.42 Å². The third kappa shape index (κ3) is 1.42. The van der Waals surface area contributed by atoms with E-state index in [1.54, 1.807) is 0 Å². The Balaban J connectivity index is 3.20. The molecule has 0 N–H and O–H groups in total. The molecule has 50 valence electrons. The molecule has 0 saturated heterocycles. The highest BCUT2D eigenvalue weighted by atomic mass is 32.2. The number of nitrogens with zero attached hydrogens (tertiary/aromatic N) is 3. The van der Waals surface area contributed by atoms with Gasteiger partial charge >= 0.3 is 0 Å². The van der Waals surface area contributed by atoms with Crippen LogP contribution in [0.3, 0.4) is 0 Å². The highest BCUT2D eigenvalue weighted by Crippen LogP contribution is 2.05. The lowest BCUT2D eigenvalue weighted by atomic mass is 11.6. The average Bonchev–Trinajstić information content (AvgIpc) is 2.08. The zero-order valence-corrected chi connectivity index (χ0v) is 6.11. The van der Waals surface area contributed by atoms with Crippen molar-refractivity contribution in [2.24, 2.45) is 0 Å². The largest absolute Gasteiger partial charge is 0.251 e. The Labute approximate surface area is 55.8 Å². The second-order valence-electron chi connectivity index (χ2n) is 1.40. The van der Waals surface area contributed by atoms with Gasteiger partial charge < -0.3 is 0 Å². The van der Waals surface area contributed by atoms with E-state index in [1.807, 2.05) is 0 Å². The molecule has 1 aromatic rings. The van der Waals surface area contributed by atoms with Gasteiger partial charge in [-0.2, -0.15) is 0 Å². The molecule has 5 nitrogen and oxygen atoms in total. The molecule has 0 aromatic carbocycles. The zero-order valence-electron chi connectivity index (χ0n) is 4.47. The molecule has 0 unspecified atom stereocenters. The van der Waals surface area contributed by atoms with Crippen LogP contribution < -0.4 is 0 Å². The molecule has 0 spiro atoms. The van der Waals surface area contributed by atoms with E-state index < -0.39 is 9.84 Å². The van der Waals surface area contributed by atoms with E-state index >= 15 is 0 Å². The maximum atomic E-state index is 10.6. The van der Waals surface area contributed by atoms with Gasteiger partial charge in [-0.15, -0.1) is 5.10 Å². The van der Waals surface area contributed by atoms with Crippen LogP contribution in [0.2, 0.25) is 0 Å². The van der Waals surface area contributed by atoms with Gasteiger partial charge in [0.1, 0.15) is 0 Å². The van der Waals surface area contributed by atoms with Crippen LogP contribution in [0.5, 0.6) is 0 Å². The first-order valence-corrected chi connectivity index (χ1v) is 4.62. The molecule has 0 fully saturated rings. The van der Waals surface area contributed by atoms with Crippen molar-refractivity contribution in [1.29, 1.82) is 0 Å². The highest BCUT2D eigenvalue weighted by molar-refractivity contribution is 7.92. The molecule has 0 atom stereocenters. The van der Waals surface area contributed by atoms with Crippen LogP contribution in [0.15, 0.2) is 4.34 Å². The van der Waals surface area contributed by atoms with Gasteiger partial charge in [0.25, 0.3) is 4.34 Å². The van der Waals surface area contributed by atoms with Gasteiger partial charge in [-0.3, -0.25) is 0 Å². The SMILES string of the molecule is CS(=O)(=O)c1nnns1. The van der Waals surface area contributed by atoms with Gasteiger partial charge in [0, 0.05) is 17.8 Å². The van der Waals surface area contributed by atoms with Gasteiger partial charge in [-0.25, -0.2) is 8.42 Å². The van der Waals surface area contributed by atoms with Gasteiger partial charge in [0.2, 0.25) is 9.84 Å². The Morgan fingerprint density at radius 1 is 1.56 bits per heavy atom. The predicted molar refractivity (Wildman–Crippen MR) is 30.8 cm³/mol. The third-order valence-electron chi connectivity index (χ3n) is 0.599. The van der Waals surface area contributed by atoms with Gasteiger partial charge in [-0.05, 0) is 5.21 Å². The molecule has 0 amide bonds. The molecule has 0 aliphatic heterocycles. The van der Waals surface area contributed by atoms with E-state index in [1.165, 1.54) is 0 Å². The number of rotatable bonds is 1. The molecule has 7 heteroatoms. The van der Waals surface area contributed by atoms with Crippen LogP contribution in [0.25, 0.3) is 0 Å². The van der Waals surface area contributed by atoms with Crippen molar-refractivity contribution in [3.8, 4) is 0 Å². The van der Waals surface area contributed by atoms with Crippen molar-refractivity contribution < 1.29 is 8.42 Å². The fraction of sp³-hybridized carbons (Fsp3) is 0.500. The molecule has 1 heterocycles. The number of hydrogen-bond donors (Lipinski definition) is 0. The monoisotopic (exact) mass is 165 g/mol. The van der Waals surface area contributed by atoms with Gasteiger partial charge in [0.15, 0.2) is 0 Å². The second-order valence-corrected chi connectivity index (χ2v) is 4.32. The molecule has 0 aliphatic rings. The summed E-state index contributed by atoms with van der Waals surface area (Å²) in [6.45, 7) is 0. The summed E-state index contributed by atoms with van der Waals surface area (Å²) >= 11 is 0.770. The van der Waals surface area contributed by atoms with E-state index in [4.69, 9.17) is 0 Å². The summed E-state index contributed by atoms with van der Waals surface area (Å²) in [5.41, 5.74) is 0. The molecule has 0 saturated carbocycles. The highest BCUT2D eigenvalue weighted by Gasteiger charge is 2.10. The van der Waals surface area contributed by atoms with Crippen LogP contribution in [-0.2, 0) is 9.84 Å².